The number of piperidine rings is 1. The Morgan fingerprint density at radius 3 is 2.38 bits per heavy atom. The van der Waals surface area contributed by atoms with E-state index in [4.69, 9.17) is 23.2 Å². The van der Waals surface area contributed by atoms with Crippen LogP contribution in [0.3, 0.4) is 0 Å². The van der Waals surface area contributed by atoms with Gasteiger partial charge in [0.2, 0.25) is 0 Å². The number of carboxylic acid groups (broad SMARTS) is 1. The van der Waals surface area contributed by atoms with Crippen LogP contribution in [-0.2, 0) is 6.18 Å². The molecule has 14 heteroatoms. The number of rotatable bonds is 6. The molecular formula is C31H26Cl2F3N5O3S. The molecular weight excluding hydrogens is 650 g/mol. The summed E-state index contributed by atoms with van der Waals surface area (Å²) < 4.78 is 40.3. The zero-order valence-corrected chi connectivity index (χ0v) is 26.0. The van der Waals surface area contributed by atoms with Gasteiger partial charge >= 0.3 is 12.3 Å². The number of thiophene rings is 1. The van der Waals surface area contributed by atoms with Gasteiger partial charge in [0.1, 0.15) is 0 Å². The predicted octanol–water partition coefficient (Wildman–Crippen LogP) is 7.79. The number of alkyl halides is 3. The van der Waals surface area contributed by atoms with E-state index >= 15 is 0 Å². The molecule has 1 aliphatic rings. The first-order valence-electron chi connectivity index (χ1n) is 13.8. The van der Waals surface area contributed by atoms with E-state index in [1.807, 2.05) is 5.01 Å². The third kappa shape index (κ3) is 7.62. The number of nitrogens with one attached hydrogen (secondary N) is 2. The number of hydrazine groups is 1. The molecule has 2 aromatic heterocycles. The maximum absolute atomic E-state index is 13.7. The number of carbonyl (C=O) groups excluding carboxylic acids is 1. The Bertz CT molecular complexity index is 1790. The van der Waals surface area contributed by atoms with Crippen LogP contribution in [0.5, 0.6) is 0 Å². The normalized spacial score (nSPS) is 14.4. The van der Waals surface area contributed by atoms with Gasteiger partial charge < -0.3 is 10.4 Å². The summed E-state index contributed by atoms with van der Waals surface area (Å²) in [7, 11) is 0. The van der Waals surface area contributed by atoms with E-state index in [9.17, 15) is 27.9 Å². The molecule has 1 aliphatic heterocycles. The summed E-state index contributed by atoms with van der Waals surface area (Å²) in [5.74, 6) is 5.34. The lowest BCUT2D eigenvalue weighted by atomic mass is 10.0. The number of hydrogen-bond donors (Lipinski definition) is 3. The molecule has 1 fully saturated rings. The first-order valence-corrected chi connectivity index (χ1v) is 15.4. The third-order valence-corrected chi connectivity index (χ3v) is 8.59. The second-order valence-electron chi connectivity index (χ2n) is 10.3. The second kappa shape index (κ2) is 13.5. The minimum atomic E-state index is -4.45. The molecule has 3 heterocycles. The average Bonchev–Trinajstić information content (AvgIpc) is 3.61. The fraction of sp³-hybridized carbons (Fsp3) is 0.258. The van der Waals surface area contributed by atoms with Gasteiger partial charge in [-0.2, -0.15) is 18.3 Å². The van der Waals surface area contributed by atoms with Gasteiger partial charge in [-0.05, 0) is 74.4 Å². The number of halogens is 5. The fourth-order valence-electron chi connectivity index (χ4n) is 4.94. The van der Waals surface area contributed by atoms with Crippen LogP contribution < -0.4 is 10.7 Å². The van der Waals surface area contributed by atoms with Crippen molar-refractivity contribution in [3.05, 3.63) is 91.9 Å². The van der Waals surface area contributed by atoms with Gasteiger partial charge in [0.05, 0.1) is 37.8 Å². The zero-order valence-electron chi connectivity index (χ0n) is 23.7. The molecule has 5 rings (SSSR count). The molecule has 0 bridgehead atoms. The smallest absolute Gasteiger partial charge is 0.416 e. The highest BCUT2D eigenvalue weighted by Crippen LogP contribution is 2.39. The van der Waals surface area contributed by atoms with Crippen LogP contribution in [-0.4, -0.2) is 45.0 Å². The number of amides is 2. The molecule has 2 amide bonds. The first-order chi connectivity index (χ1) is 21.4. The van der Waals surface area contributed by atoms with Gasteiger partial charge in [-0.25, -0.2) is 14.5 Å². The van der Waals surface area contributed by atoms with Crippen LogP contribution in [0.15, 0.2) is 54.6 Å². The Morgan fingerprint density at radius 1 is 1.02 bits per heavy atom. The lowest BCUT2D eigenvalue weighted by Crippen LogP contribution is -2.45. The highest BCUT2D eigenvalue weighted by Gasteiger charge is 2.32. The van der Waals surface area contributed by atoms with E-state index in [1.165, 1.54) is 34.2 Å². The second-order valence-corrected chi connectivity index (χ2v) is 12.2. The van der Waals surface area contributed by atoms with Crippen LogP contribution in [0.2, 0.25) is 10.0 Å². The van der Waals surface area contributed by atoms with Gasteiger partial charge in [-0.1, -0.05) is 41.5 Å². The molecule has 0 radical (unpaired) electrons. The van der Waals surface area contributed by atoms with Gasteiger partial charge in [0.15, 0.2) is 5.69 Å². The molecule has 45 heavy (non-hydrogen) atoms. The summed E-state index contributed by atoms with van der Waals surface area (Å²) in [6.45, 7) is 2.96. The maximum atomic E-state index is 13.7. The summed E-state index contributed by atoms with van der Waals surface area (Å²) >= 11 is 14.0. The van der Waals surface area contributed by atoms with E-state index in [1.54, 1.807) is 31.2 Å². The lowest BCUT2D eigenvalue weighted by molar-refractivity contribution is -0.137. The molecule has 1 unspecified atom stereocenters. The fourth-order valence-corrected chi connectivity index (χ4v) is 6.33. The van der Waals surface area contributed by atoms with Crippen molar-refractivity contribution in [1.82, 2.24) is 25.5 Å². The summed E-state index contributed by atoms with van der Waals surface area (Å²) in [5, 5.41) is 19.1. The van der Waals surface area contributed by atoms with Crippen molar-refractivity contribution in [2.45, 2.75) is 38.4 Å². The van der Waals surface area contributed by atoms with Gasteiger partial charge in [-0.15, -0.1) is 11.3 Å². The van der Waals surface area contributed by atoms with Crippen molar-refractivity contribution in [2.75, 3.05) is 13.1 Å². The number of carbonyl (C=O) groups is 2. The summed E-state index contributed by atoms with van der Waals surface area (Å²) in [4.78, 5) is 26.6. The third-order valence-electron chi connectivity index (χ3n) is 7.05. The minimum absolute atomic E-state index is 0.00799. The highest BCUT2D eigenvalue weighted by atomic mass is 35.5. The Kier molecular flexibility index (Phi) is 9.74. The van der Waals surface area contributed by atoms with E-state index < -0.39 is 29.8 Å². The van der Waals surface area contributed by atoms with Crippen molar-refractivity contribution in [3.63, 3.8) is 0 Å². The van der Waals surface area contributed by atoms with Crippen LogP contribution in [0.4, 0.5) is 18.0 Å². The van der Waals surface area contributed by atoms with Crippen molar-refractivity contribution in [3.8, 4) is 28.1 Å². The van der Waals surface area contributed by atoms with Crippen molar-refractivity contribution < 1.29 is 27.9 Å². The summed E-state index contributed by atoms with van der Waals surface area (Å²) in [6, 6.07) is 11.9. The van der Waals surface area contributed by atoms with Crippen LogP contribution in [0.25, 0.3) is 16.3 Å². The van der Waals surface area contributed by atoms with Gasteiger partial charge in [-0.3, -0.25) is 10.2 Å². The van der Waals surface area contributed by atoms with Crippen molar-refractivity contribution in [1.29, 1.82) is 0 Å². The number of aromatic nitrogens is 2. The Balaban J connectivity index is 1.61. The van der Waals surface area contributed by atoms with Crippen LogP contribution >= 0.6 is 34.5 Å². The van der Waals surface area contributed by atoms with Crippen molar-refractivity contribution in [2.24, 2.45) is 0 Å². The molecule has 1 atom stereocenters. The van der Waals surface area contributed by atoms with E-state index in [-0.39, 0.29) is 10.7 Å². The quantitative estimate of drug-likeness (QED) is 0.181. The van der Waals surface area contributed by atoms with Crippen LogP contribution in [0.1, 0.15) is 64.3 Å². The number of benzene rings is 2. The molecule has 0 saturated carbocycles. The summed E-state index contributed by atoms with van der Waals surface area (Å²) in [6.07, 6.45) is -2.82. The molecule has 2 aromatic carbocycles. The largest absolute Gasteiger partial charge is 0.465 e. The SMILES string of the molecule is CC(NC(=O)O)c1c(C(=O)NN2CCCCC2)nn(-c2ccc(Cl)cc2Cl)c1-c1ccc(C#Cc2ccc(C(F)(F)F)cc2)s1. The average molecular weight is 677 g/mol. The van der Waals surface area contributed by atoms with Gasteiger partial charge in [0.25, 0.3) is 5.91 Å². The highest BCUT2D eigenvalue weighted by molar-refractivity contribution is 7.16. The molecule has 8 nitrogen and oxygen atoms in total. The number of hydrogen-bond acceptors (Lipinski definition) is 5. The van der Waals surface area contributed by atoms with E-state index in [0.717, 1.165) is 31.4 Å². The first kappa shape index (κ1) is 32.4. The summed E-state index contributed by atoms with van der Waals surface area (Å²) in [5.41, 5.74) is 3.69. The van der Waals surface area contributed by atoms with Crippen molar-refractivity contribution >= 4 is 46.5 Å². The molecule has 3 N–H and O–H groups in total. The minimum Gasteiger partial charge on any atom is -0.465 e. The zero-order chi connectivity index (χ0) is 32.3. The number of nitrogens with zero attached hydrogens (tertiary/aromatic N) is 3. The molecule has 234 valence electrons. The van der Waals surface area contributed by atoms with E-state index in [2.05, 4.69) is 27.7 Å². The topological polar surface area (TPSA) is 99.5 Å². The molecule has 0 spiro atoms. The Hall–Kier alpha value is -4.02. The monoisotopic (exact) mass is 675 g/mol. The molecule has 4 aromatic rings. The van der Waals surface area contributed by atoms with Gasteiger partial charge in [0, 0.05) is 29.2 Å². The van der Waals surface area contributed by atoms with Crippen LogP contribution in [0, 0.1) is 11.8 Å². The Labute approximate surface area is 270 Å². The molecule has 0 aliphatic carbocycles. The predicted molar refractivity (Wildman–Crippen MR) is 167 cm³/mol. The Morgan fingerprint density at radius 2 is 1.73 bits per heavy atom. The van der Waals surface area contributed by atoms with E-state index in [0.29, 0.717) is 50.4 Å². The maximum Gasteiger partial charge on any atom is 0.416 e. The lowest BCUT2D eigenvalue weighted by Gasteiger charge is -2.26. The standard InChI is InChI=1S/C31H26Cl2F3N5O3S/c1-18(37-30(43)44)26-27(29(42)39-40-15-3-2-4-16-40)38-41(24-13-10-21(32)17-23(24)33)28(26)25-14-12-22(45-25)11-7-19-5-8-20(9-6-19)31(34,35)36/h5-6,8-10,12-14,17-18,37H,2-4,15-16H2,1H3,(H,39,42)(H,43,44). The molecule has 1 saturated heterocycles.